The van der Waals surface area contributed by atoms with Crippen LogP contribution in [0.1, 0.15) is 19.4 Å². The summed E-state index contributed by atoms with van der Waals surface area (Å²) in [6.45, 7) is 4.03. The van der Waals surface area contributed by atoms with Crippen LogP contribution in [0.15, 0.2) is 23.3 Å². The molecule has 1 amide bonds. The van der Waals surface area contributed by atoms with Gasteiger partial charge in [-0.05, 0) is 62.0 Å². The van der Waals surface area contributed by atoms with Crippen LogP contribution in [0.2, 0.25) is 0 Å². The van der Waals surface area contributed by atoms with E-state index in [9.17, 15) is 4.79 Å². The fourth-order valence-electron chi connectivity index (χ4n) is 2.11. The topological polar surface area (TPSA) is 87.6 Å². The molecule has 1 aromatic heterocycles. The van der Waals surface area contributed by atoms with E-state index in [1.807, 2.05) is 6.92 Å². The first kappa shape index (κ1) is 19.9. The van der Waals surface area contributed by atoms with Crippen LogP contribution in [0, 0.1) is 9.54 Å². The molecular weight excluding hydrogens is 374 g/mol. The number of nitrogens with one attached hydrogen (secondary N) is 2. The van der Waals surface area contributed by atoms with Crippen molar-refractivity contribution in [2.45, 2.75) is 20.0 Å². The van der Waals surface area contributed by atoms with Crippen LogP contribution in [0.3, 0.4) is 0 Å². The molecule has 1 aromatic carbocycles. The van der Waals surface area contributed by atoms with E-state index in [4.69, 9.17) is 33.9 Å². The third-order valence-electron chi connectivity index (χ3n) is 3.34. The molecule has 0 aliphatic rings. The Morgan fingerprint density at radius 2 is 1.96 bits per heavy atom. The van der Waals surface area contributed by atoms with Crippen LogP contribution in [0.25, 0.3) is 0 Å². The van der Waals surface area contributed by atoms with Gasteiger partial charge in [0.05, 0.1) is 12.8 Å². The number of aromatic nitrogens is 3. The molecule has 0 radical (unpaired) electrons. The molecular formula is C16H21N5O3S2. The normalized spacial score (nSPS) is 12.2. The maximum absolute atomic E-state index is 12.0. The molecule has 0 saturated carbocycles. The van der Waals surface area contributed by atoms with Gasteiger partial charge < -0.3 is 14.4 Å². The van der Waals surface area contributed by atoms with E-state index in [2.05, 4.69) is 15.3 Å². The molecule has 0 aliphatic heterocycles. The number of carbonyl (C=O) groups is 1. The number of carbonyl (C=O) groups excluding carboxylic acids is 1. The van der Waals surface area contributed by atoms with Crippen molar-refractivity contribution in [2.75, 3.05) is 20.7 Å². The minimum atomic E-state index is -0.625. The summed E-state index contributed by atoms with van der Waals surface area (Å²) in [5.41, 5.74) is 0.768. The number of likely N-dealkylation sites (N-methyl/N-ethyl adjacent to an activating group) is 1. The van der Waals surface area contributed by atoms with Gasteiger partial charge in [-0.1, -0.05) is 0 Å². The number of aromatic amines is 2. The number of nitrogens with zero attached hydrogens (tertiary/aromatic N) is 3. The highest BCUT2D eigenvalue weighted by Gasteiger charge is 2.18. The first-order valence-electron chi connectivity index (χ1n) is 7.92. The summed E-state index contributed by atoms with van der Waals surface area (Å²) in [5, 5.41) is 9.66. The average molecular weight is 396 g/mol. The van der Waals surface area contributed by atoms with Crippen molar-refractivity contribution in [2.24, 2.45) is 5.10 Å². The maximum Gasteiger partial charge on any atom is 0.262 e. The molecule has 2 aromatic rings. The summed E-state index contributed by atoms with van der Waals surface area (Å²) in [7, 11) is 3.37. The Balaban J connectivity index is 2.26. The van der Waals surface area contributed by atoms with Crippen molar-refractivity contribution in [3.8, 4) is 11.5 Å². The zero-order chi connectivity index (χ0) is 19.3. The highest BCUT2D eigenvalue weighted by molar-refractivity contribution is 7.72. The summed E-state index contributed by atoms with van der Waals surface area (Å²) in [4.78, 5) is 13.5. The van der Waals surface area contributed by atoms with Crippen LogP contribution >= 0.6 is 24.4 Å². The van der Waals surface area contributed by atoms with Crippen molar-refractivity contribution in [3.63, 3.8) is 0 Å². The van der Waals surface area contributed by atoms with Gasteiger partial charge in [-0.15, -0.1) is 0 Å². The van der Waals surface area contributed by atoms with Crippen LogP contribution in [0.5, 0.6) is 11.5 Å². The lowest BCUT2D eigenvalue weighted by Gasteiger charge is -2.20. The molecule has 8 nitrogen and oxygen atoms in total. The Bertz CT molecular complexity index is 886. The van der Waals surface area contributed by atoms with Crippen LogP contribution in [-0.4, -0.2) is 58.7 Å². The van der Waals surface area contributed by atoms with Crippen molar-refractivity contribution in [1.82, 2.24) is 19.8 Å². The number of H-pyrrole nitrogens is 2. The third-order valence-corrected chi connectivity index (χ3v) is 3.89. The van der Waals surface area contributed by atoms with Crippen LogP contribution < -0.4 is 9.47 Å². The zero-order valence-corrected chi connectivity index (χ0v) is 16.6. The fraction of sp³-hybridized carbons (Fsp3) is 0.375. The van der Waals surface area contributed by atoms with E-state index < -0.39 is 6.10 Å². The Labute approximate surface area is 161 Å². The molecule has 10 heteroatoms. The smallest absolute Gasteiger partial charge is 0.262 e. The van der Waals surface area contributed by atoms with E-state index in [0.29, 0.717) is 27.6 Å². The molecule has 0 bridgehead atoms. The van der Waals surface area contributed by atoms with Gasteiger partial charge in [0.1, 0.15) is 0 Å². The van der Waals surface area contributed by atoms with Gasteiger partial charge in [-0.2, -0.15) is 9.78 Å². The number of hydrogen-bond donors (Lipinski definition) is 2. The van der Waals surface area contributed by atoms with Crippen LogP contribution in [0.4, 0.5) is 0 Å². The van der Waals surface area contributed by atoms with Gasteiger partial charge in [0.25, 0.3) is 5.91 Å². The van der Waals surface area contributed by atoms with Crippen molar-refractivity contribution < 1.29 is 14.3 Å². The number of hydrogen-bond acceptors (Lipinski definition) is 6. The molecule has 1 heterocycles. The third kappa shape index (κ3) is 4.79. The highest BCUT2D eigenvalue weighted by Crippen LogP contribution is 2.29. The lowest BCUT2D eigenvalue weighted by atomic mass is 10.2. The van der Waals surface area contributed by atoms with Crippen molar-refractivity contribution in [1.29, 1.82) is 0 Å². The number of ether oxygens (including phenoxy) is 2. The van der Waals surface area contributed by atoms with Gasteiger partial charge in [0.15, 0.2) is 17.6 Å². The summed E-state index contributed by atoms with van der Waals surface area (Å²) in [6.07, 6.45) is 0.980. The van der Waals surface area contributed by atoms with Crippen LogP contribution in [-0.2, 0) is 4.79 Å². The summed E-state index contributed by atoms with van der Waals surface area (Å²) in [5.74, 6) is 0.883. The second-order valence-corrected chi connectivity index (χ2v) is 6.32. The molecule has 2 N–H and O–H groups in total. The Kier molecular flexibility index (Phi) is 6.70. The fourth-order valence-corrected chi connectivity index (χ4v) is 2.55. The monoisotopic (exact) mass is 395 g/mol. The van der Waals surface area contributed by atoms with Gasteiger partial charge in [0, 0.05) is 14.1 Å². The Hall–Kier alpha value is -2.46. The molecule has 0 saturated heterocycles. The molecule has 2 rings (SSSR count). The van der Waals surface area contributed by atoms with Crippen molar-refractivity contribution in [3.05, 3.63) is 33.3 Å². The number of amides is 1. The SMILES string of the molecule is CCOc1cc(/C=N\n2c(=S)[nH][nH]c2=S)ccc1O[C@H](C)C(=O)N(C)C. The number of benzene rings is 1. The summed E-state index contributed by atoms with van der Waals surface area (Å²) < 4.78 is 13.5. The van der Waals surface area contributed by atoms with Gasteiger partial charge in [-0.3, -0.25) is 15.0 Å². The lowest BCUT2D eigenvalue weighted by Crippen LogP contribution is -2.35. The first-order chi connectivity index (χ1) is 12.3. The predicted molar refractivity (Wildman–Crippen MR) is 104 cm³/mol. The zero-order valence-electron chi connectivity index (χ0n) is 15.0. The molecule has 1 atom stereocenters. The molecule has 0 unspecified atom stereocenters. The highest BCUT2D eigenvalue weighted by atomic mass is 32.1. The minimum absolute atomic E-state index is 0.130. The largest absolute Gasteiger partial charge is 0.490 e. The van der Waals surface area contributed by atoms with E-state index >= 15 is 0 Å². The van der Waals surface area contributed by atoms with Gasteiger partial charge >= 0.3 is 0 Å². The summed E-state index contributed by atoms with van der Waals surface area (Å²) >= 11 is 10.2. The predicted octanol–water partition coefficient (Wildman–Crippen LogP) is 2.74. The second-order valence-electron chi connectivity index (χ2n) is 5.55. The quantitative estimate of drug-likeness (QED) is 0.556. The number of rotatable bonds is 7. The lowest BCUT2D eigenvalue weighted by molar-refractivity contribution is -0.135. The molecule has 140 valence electrons. The minimum Gasteiger partial charge on any atom is -0.490 e. The Morgan fingerprint density at radius 3 is 2.54 bits per heavy atom. The molecule has 0 fully saturated rings. The molecule has 26 heavy (non-hydrogen) atoms. The molecule has 0 spiro atoms. The second kappa shape index (κ2) is 8.77. The first-order valence-corrected chi connectivity index (χ1v) is 8.73. The van der Waals surface area contributed by atoms with Crippen molar-refractivity contribution >= 4 is 36.6 Å². The van der Waals surface area contributed by atoms with E-state index in [1.165, 1.54) is 9.58 Å². The summed E-state index contributed by atoms with van der Waals surface area (Å²) in [6, 6.07) is 5.32. The van der Waals surface area contributed by atoms with Gasteiger partial charge in [0.2, 0.25) is 9.54 Å². The standard InChI is InChI=1S/C16H21N5O3S2/c1-5-23-13-8-11(9-17-21-15(25)18-19-16(21)26)6-7-12(13)24-10(2)14(22)20(3)4/h6-10H,5H2,1-4H3,(H,18,25)(H,19,26)/b17-9-/t10-/m1/s1. The maximum atomic E-state index is 12.0. The Morgan fingerprint density at radius 1 is 1.31 bits per heavy atom. The van der Waals surface area contributed by atoms with E-state index in [1.54, 1.807) is 45.4 Å². The molecule has 0 aliphatic carbocycles. The van der Waals surface area contributed by atoms with E-state index in [-0.39, 0.29) is 5.91 Å². The average Bonchev–Trinajstić information content (AvgIpc) is 2.92. The van der Waals surface area contributed by atoms with Gasteiger partial charge in [-0.25, -0.2) is 0 Å². The van der Waals surface area contributed by atoms with E-state index in [0.717, 1.165) is 5.56 Å².